The molecule has 1 unspecified atom stereocenters. The third-order valence-electron chi connectivity index (χ3n) is 4.18. The van der Waals surface area contributed by atoms with Gasteiger partial charge >= 0.3 is 0 Å². The lowest BCUT2D eigenvalue weighted by Crippen LogP contribution is -2.40. The van der Waals surface area contributed by atoms with E-state index in [0.717, 1.165) is 18.6 Å². The first-order valence-electron chi connectivity index (χ1n) is 8.65. The molecule has 0 amide bonds. The zero-order valence-corrected chi connectivity index (χ0v) is 17.0. The van der Waals surface area contributed by atoms with Gasteiger partial charge in [-0.15, -0.1) is 0 Å². The highest BCUT2D eigenvalue weighted by Crippen LogP contribution is 2.37. The van der Waals surface area contributed by atoms with Crippen LogP contribution in [0.25, 0.3) is 0 Å². The molecule has 0 N–H and O–H groups in total. The average molecular weight is 440 g/mol. The maximum absolute atomic E-state index is 13.1. The molecular formula is C19H22BrNO4S. The van der Waals surface area contributed by atoms with Crippen LogP contribution in [-0.4, -0.2) is 38.5 Å². The Morgan fingerprint density at radius 1 is 1.19 bits per heavy atom. The van der Waals surface area contributed by atoms with E-state index in [1.54, 1.807) is 18.2 Å². The standard InChI is InChI=1S/C19H22BrNO4S/c1-2-3-12-21-13-16(14-24-15-8-5-4-6-9-15)25-19-17(20)10-7-11-18(19)26(21,22)23/h4-11,16H,2-3,12-14H2,1H3. The van der Waals surface area contributed by atoms with Gasteiger partial charge in [0.25, 0.3) is 0 Å². The molecule has 0 bridgehead atoms. The maximum Gasteiger partial charge on any atom is 0.246 e. The maximum atomic E-state index is 13.1. The summed E-state index contributed by atoms with van der Waals surface area (Å²) < 4.78 is 40.2. The Morgan fingerprint density at radius 3 is 2.69 bits per heavy atom. The van der Waals surface area contributed by atoms with Crippen molar-refractivity contribution in [2.45, 2.75) is 30.8 Å². The van der Waals surface area contributed by atoms with Gasteiger partial charge in [0.15, 0.2) is 5.75 Å². The number of para-hydroxylation sites is 2. The fourth-order valence-electron chi connectivity index (χ4n) is 2.81. The Bertz CT molecular complexity index is 842. The summed E-state index contributed by atoms with van der Waals surface area (Å²) in [4.78, 5) is 0.199. The van der Waals surface area contributed by atoms with Crippen molar-refractivity contribution < 1.29 is 17.9 Å². The molecule has 0 fully saturated rings. The second-order valence-corrected chi connectivity index (χ2v) is 8.91. The van der Waals surface area contributed by atoms with Gasteiger partial charge in [-0.2, -0.15) is 4.31 Å². The lowest BCUT2D eigenvalue weighted by molar-refractivity contribution is 0.111. The number of rotatable bonds is 6. The number of unbranched alkanes of at least 4 members (excludes halogenated alkanes) is 1. The summed E-state index contributed by atoms with van der Waals surface area (Å²) in [6.45, 7) is 3.04. The van der Waals surface area contributed by atoms with E-state index in [1.807, 2.05) is 37.3 Å². The van der Waals surface area contributed by atoms with Crippen molar-refractivity contribution in [2.24, 2.45) is 0 Å². The van der Waals surface area contributed by atoms with Crippen LogP contribution in [0.3, 0.4) is 0 Å². The molecule has 0 saturated carbocycles. The van der Waals surface area contributed by atoms with Crippen LogP contribution in [0.5, 0.6) is 11.5 Å². The molecule has 1 aliphatic heterocycles. The lowest BCUT2D eigenvalue weighted by Gasteiger charge is -2.23. The minimum Gasteiger partial charge on any atom is -0.490 e. The average Bonchev–Trinajstić information content (AvgIpc) is 2.75. The number of halogens is 1. The first-order chi connectivity index (χ1) is 12.5. The van der Waals surface area contributed by atoms with Crippen LogP contribution in [0.4, 0.5) is 0 Å². The van der Waals surface area contributed by atoms with E-state index >= 15 is 0 Å². The van der Waals surface area contributed by atoms with Gasteiger partial charge < -0.3 is 9.47 Å². The molecule has 0 saturated heterocycles. The van der Waals surface area contributed by atoms with Crippen molar-refractivity contribution in [2.75, 3.05) is 19.7 Å². The molecule has 7 heteroatoms. The smallest absolute Gasteiger partial charge is 0.246 e. The lowest BCUT2D eigenvalue weighted by atomic mass is 10.3. The van der Waals surface area contributed by atoms with E-state index in [4.69, 9.17) is 9.47 Å². The number of benzene rings is 2. The van der Waals surface area contributed by atoms with E-state index in [0.29, 0.717) is 16.8 Å². The van der Waals surface area contributed by atoms with Gasteiger partial charge in [0.05, 0.1) is 11.0 Å². The molecule has 0 radical (unpaired) electrons. The Kier molecular flexibility index (Phi) is 6.21. The van der Waals surface area contributed by atoms with Crippen LogP contribution < -0.4 is 9.47 Å². The van der Waals surface area contributed by atoms with E-state index in [9.17, 15) is 8.42 Å². The molecule has 1 aliphatic rings. The van der Waals surface area contributed by atoms with Crippen LogP contribution in [-0.2, 0) is 10.0 Å². The van der Waals surface area contributed by atoms with E-state index in [1.165, 1.54) is 4.31 Å². The van der Waals surface area contributed by atoms with Gasteiger partial charge in [-0.1, -0.05) is 37.6 Å². The second kappa shape index (κ2) is 8.41. The first kappa shape index (κ1) is 19.2. The molecule has 0 aromatic heterocycles. The molecule has 1 heterocycles. The number of nitrogens with zero attached hydrogens (tertiary/aromatic N) is 1. The summed E-state index contributed by atoms with van der Waals surface area (Å²) in [5.74, 6) is 1.09. The second-order valence-electron chi connectivity index (χ2n) is 6.15. The zero-order chi connectivity index (χ0) is 18.6. The molecule has 140 valence electrons. The number of fused-ring (bicyclic) bond motifs is 1. The van der Waals surface area contributed by atoms with Gasteiger partial charge in [0.2, 0.25) is 10.0 Å². The van der Waals surface area contributed by atoms with Crippen molar-refractivity contribution >= 4 is 26.0 Å². The molecule has 26 heavy (non-hydrogen) atoms. The highest BCUT2D eigenvalue weighted by molar-refractivity contribution is 9.10. The van der Waals surface area contributed by atoms with Crippen LogP contribution in [0.2, 0.25) is 0 Å². The van der Waals surface area contributed by atoms with Crippen molar-refractivity contribution in [3.63, 3.8) is 0 Å². The molecule has 2 aromatic carbocycles. The summed E-state index contributed by atoms with van der Waals surface area (Å²) >= 11 is 3.42. The van der Waals surface area contributed by atoms with Gasteiger partial charge in [-0.05, 0) is 46.6 Å². The number of hydrogen-bond acceptors (Lipinski definition) is 4. The number of sulfonamides is 1. The minimum absolute atomic E-state index is 0.199. The van der Waals surface area contributed by atoms with E-state index < -0.39 is 16.1 Å². The third kappa shape index (κ3) is 4.22. The zero-order valence-electron chi connectivity index (χ0n) is 14.6. The highest BCUT2D eigenvalue weighted by atomic mass is 79.9. The normalized spacial score (nSPS) is 19.2. The molecule has 5 nitrogen and oxygen atoms in total. The minimum atomic E-state index is -3.61. The predicted octanol–water partition coefficient (Wildman–Crippen LogP) is 4.08. The predicted molar refractivity (Wildman–Crippen MR) is 104 cm³/mol. The highest BCUT2D eigenvalue weighted by Gasteiger charge is 2.35. The monoisotopic (exact) mass is 439 g/mol. The Balaban J connectivity index is 1.89. The Morgan fingerprint density at radius 2 is 1.96 bits per heavy atom. The quantitative estimate of drug-likeness (QED) is 0.680. The third-order valence-corrected chi connectivity index (χ3v) is 6.69. The number of ether oxygens (including phenoxy) is 2. The van der Waals surface area contributed by atoms with Crippen molar-refractivity contribution in [1.29, 1.82) is 0 Å². The fourth-order valence-corrected chi connectivity index (χ4v) is 5.06. The molecule has 1 atom stereocenters. The van der Waals surface area contributed by atoms with Crippen molar-refractivity contribution in [1.82, 2.24) is 4.31 Å². The Hall–Kier alpha value is -1.57. The molecule has 3 rings (SSSR count). The van der Waals surface area contributed by atoms with Crippen LogP contribution in [0.1, 0.15) is 19.8 Å². The van der Waals surface area contributed by atoms with Crippen LogP contribution >= 0.6 is 15.9 Å². The van der Waals surface area contributed by atoms with E-state index in [2.05, 4.69) is 15.9 Å². The summed E-state index contributed by atoms with van der Waals surface area (Å²) in [6, 6.07) is 14.5. The largest absolute Gasteiger partial charge is 0.490 e. The number of hydrogen-bond donors (Lipinski definition) is 0. The first-order valence-corrected chi connectivity index (χ1v) is 10.9. The SMILES string of the molecule is CCCCN1CC(COc2ccccc2)Oc2c(Br)cccc2S1(=O)=O. The van der Waals surface area contributed by atoms with Crippen LogP contribution in [0, 0.1) is 0 Å². The summed E-state index contributed by atoms with van der Waals surface area (Å²) in [7, 11) is -3.61. The van der Waals surface area contributed by atoms with Gasteiger partial charge in [-0.3, -0.25) is 0 Å². The van der Waals surface area contributed by atoms with Crippen LogP contribution in [0.15, 0.2) is 57.9 Å². The topological polar surface area (TPSA) is 55.8 Å². The summed E-state index contributed by atoms with van der Waals surface area (Å²) in [5.41, 5.74) is 0. The van der Waals surface area contributed by atoms with Gasteiger partial charge in [-0.25, -0.2) is 8.42 Å². The molecule has 0 spiro atoms. The van der Waals surface area contributed by atoms with Gasteiger partial charge in [0, 0.05) is 6.54 Å². The molecule has 0 aliphatic carbocycles. The Labute approximate surface area is 163 Å². The molecular weight excluding hydrogens is 418 g/mol. The molecule has 2 aromatic rings. The van der Waals surface area contributed by atoms with Crippen molar-refractivity contribution in [3.8, 4) is 11.5 Å². The fraction of sp³-hybridized carbons (Fsp3) is 0.368. The van der Waals surface area contributed by atoms with E-state index in [-0.39, 0.29) is 18.0 Å². The van der Waals surface area contributed by atoms with Crippen molar-refractivity contribution in [3.05, 3.63) is 53.0 Å². The summed E-state index contributed by atoms with van der Waals surface area (Å²) in [6.07, 6.45) is 1.32. The summed E-state index contributed by atoms with van der Waals surface area (Å²) in [5, 5.41) is 0. The van der Waals surface area contributed by atoms with Gasteiger partial charge in [0.1, 0.15) is 23.4 Å².